The van der Waals surface area contributed by atoms with Crippen molar-refractivity contribution in [3.8, 4) is 0 Å². The van der Waals surface area contributed by atoms with Crippen molar-refractivity contribution in [2.75, 3.05) is 5.75 Å². The Morgan fingerprint density at radius 1 is 1.07 bits per heavy atom. The van der Waals surface area contributed by atoms with Gasteiger partial charge >= 0.3 is 6.00 Å². The highest BCUT2D eigenvalue weighted by molar-refractivity contribution is 7.91. The van der Waals surface area contributed by atoms with Crippen LogP contribution in [0, 0.1) is 0 Å². The zero-order chi connectivity index (χ0) is 11.5. The molecule has 0 aliphatic carbocycles. The number of benzene rings is 1. The molecule has 0 unspecified atom stereocenters. The maximum atomic E-state index is 11.7. The van der Waals surface area contributed by atoms with Gasteiger partial charge in [-0.15, -0.1) is 33.2 Å². The first-order chi connectivity index (χ1) is 6.81. The van der Waals surface area contributed by atoms with Crippen LogP contribution >= 0.6 is 33.2 Å². The molecule has 0 aliphatic rings. The molecule has 1 aromatic rings. The van der Waals surface area contributed by atoms with Gasteiger partial charge in [-0.2, -0.15) is 0 Å². The average Bonchev–Trinajstić information content (AvgIpc) is 2.16. The van der Waals surface area contributed by atoms with E-state index in [0.29, 0.717) is 0 Å². The zero-order valence-electron chi connectivity index (χ0n) is 7.66. The molecule has 0 saturated heterocycles. The summed E-state index contributed by atoms with van der Waals surface area (Å²) in [7, 11) is -3.31. The molecule has 1 aromatic carbocycles. The van der Waals surface area contributed by atoms with Crippen molar-refractivity contribution in [3.63, 3.8) is 0 Å². The summed E-state index contributed by atoms with van der Waals surface area (Å²) in [6.07, 6.45) is 0. The van der Waals surface area contributed by atoms with Crippen molar-refractivity contribution in [2.24, 2.45) is 0 Å². The van der Waals surface area contributed by atoms with Gasteiger partial charge in [-0.1, -0.05) is 18.2 Å². The average molecular weight is 304 g/mol. The quantitative estimate of drug-likeness (QED) is 0.632. The highest BCUT2D eigenvalue weighted by Crippen LogP contribution is 2.26. The van der Waals surface area contributed by atoms with Crippen LogP contribution in [0.25, 0.3) is 0 Å². The number of rotatable bonds is 4. The molecule has 0 amide bonds. The van der Waals surface area contributed by atoms with E-state index in [-0.39, 0.29) is 16.7 Å². The molecule has 2 nitrogen and oxygen atoms in total. The smallest absolute Gasteiger partial charge is 0.224 e. The van der Waals surface area contributed by atoms with E-state index < -0.39 is 15.8 Å². The Kier molecular flexibility index (Phi) is 4.49. The van der Waals surface area contributed by atoms with Crippen molar-refractivity contribution >= 4 is 49.1 Å². The fraction of sp³-hybridized carbons (Fsp3) is 0.250. The molecule has 0 radical (unpaired) electrons. The predicted molar refractivity (Wildman–Crippen MR) is 66.6 cm³/mol. The van der Waals surface area contributed by atoms with Gasteiger partial charge in [0.05, 0.1) is 10.6 Å². The number of halogens is 3. The summed E-state index contributed by atoms with van der Waals surface area (Å²) < 4.78 is 23.5. The molecule has 0 aliphatic heterocycles. The van der Waals surface area contributed by atoms with Crippen LogP contribution in [-0.2, 0) is 9.84 Å². The molecule has 0 spiro atoms. The van der Waals surface area contributed by atoms with E-state index in [1.54, 1.807) is 18.2 Å². The lowest BCUT2D eigenvalue weighted by Gasteiger charge is -2.08. The van der Waals surface area contributed by atoms with E-state index in [9.17, 15) is 8.42 Å². The highest BCUT2D eigenvalue weighted by atomic mass is 35.8. The summed E-state index contributed by atoms with van der Waals surface area (Å²) in [6.45, 7) is 0. The maximum Gasteiger partial charge on any atom is 0.342 e. The molecule has 0 aromatic heterocycles. The van der Waals surface area contributed by atoms with Crippen LogP contribution in [0.3, 0.4) is 0 Å². The molecule has 0 bridgehead atoms. The molecule has 84 valence electrons. The normalized spacial score (nSPS) is 12.7. The van der Waals surface area contributed by atoms with Crippen LogP contribution in [-0.4, -0.2) is 20.2 Å². The Balaban J connectivity index is 2.78. The van der Waals surface area contributed by atoms with Crippen LogP contribution in [0.4, 0.5) is 0 Å². The monoisotopic (exact) mass is 302 g/mol. The number of hydrogen-bond donors (Lipinski definition) is 0. The Morgan fingerprint density at radius 2 is 1.60 bits per heavy atom. The molecular formula is C8H9Cl3O2SSi. The van der Waals surface area contributed by atoms with Crippen molar-refractivity contribution < 1.29 is 8.42 Å². The molecule has 0 heterocycles. The first kappa shape index (κ1) is 13.3. The molecule has 0 saturated carbocycles. The first-order valence-electron chi connectivity index (χ1n) is 4.16. The fourth-order valence-electron chi connectivity index (χ4n) is 0.996. The summed E-state index contributed by atoms with van der Waals surface area (Å²) in [5.41, 5.74) is 0. The van der Waals surface area contributed by atoms with Gasteiger partial charge < -0.3 is 0 Å². The minimum absolute atomic E-state index is 0.111. The molecule has 0 N–H and O–H groups in total. The SMILES string of the molecule is O=S(=O)(CC[Si](Cl)(Cl)Cl)c1ccccc1. The van der Waals surface area contributed by atoms with Gasteiger partial charge in [-0.3, -0.25) is 0 Å². The minimum Gasteiger partial charge on any atom is -0.224 e. The van der Waals surface area contributed by atoms with E-state index in [1.165, 1.54) is 12.1 Å². The summed E-state index contributed by atoms with van der Waals surface area (Å²) in [4.78, 5) is 0.272. The lowest BCUT2D eigenvalue weighted by Crippen LogP contribution is -2.16. The maximum absolute atomic E-state index is 11.7. The molecule has 15 heavy (non-hydrogen) atoms. The second kappa shape index (κ2) is 5.06. The molecular weight excluding hydrogens is 295 g/mol. The van der Waals surface area contributed by atoms with Crippen LogP contribution in [0.2, 0.25) is 6.04 Å². The minimum atomic E-state index is -3.31. The third kappa shape index (κ3) is 4.74. The summed E-state index contributed by atoms with van der Waals surface area (Å²) >= 11 is 16.9. The van der Waals surface area contributed by atoms with E-state index in [0.717, 1.165) is 0 Å². The second-order valence-electron chi connectivity index (χ2n) is 3.00. The van der Waals surface area contributed by atoms with Gasteiger partial charge in [0, 0.05) is 0 Å². The van der Waals surface area contributed by atoms with Crippen molar-refractivity contribution in [2.45, 2.75) is 10.9 Å². The van der Waals surface area contributed by atoms with Crippen LogP contribution in [0.15, 0.2) is 35.2 Å². The van der Waals surface area contributed by atoms with E-state index in [2.05, 4.69) is 0 Å². The first-order valence-corrected chi connectivity index (χ1v) is 11.1. The van der Waals surface area contributed by atoms with Gasteiger partial charge in [0.25, 0.3) is 0 Å². The van der Waals surface area contributed by atoms with Crippen molar-refractivity contribution in [3.05, 3.63) is 30.3 Å². The standard InChI is InChI=1S/C8H9Cl3O2SSi/c9-15(10,11)7-6-14(12,13)8-4-2-1-3-5-8/h1-5H,6-7H2. The Morgan fingerprint density at radius 3 is 2.07 bits per heavy atom. The van der Waals surface area contributed by atoms with Gasteiger partial charge in [0.1, 0.15) is 0 Å². The number of hydrogen-bond acceptors (Lipinski definition) is 2. The summed E-state index contributed by atoms with van der Waals surface area (Å²) in [6, 6.07) is 5.42. The third-order valence-electron chi connectivity index (χ3n) is 1.76. The van der Waals surface area contributed by atoms with Gasteiger partial charge in [-0.05, 0) is 18.2 Å². The van der Waals surface area contributed by atoms with Gasteiger partial charge in [0.2, 0.25) is 0 Å². The molecule has 1 rings (SSSR count). The molecule has 7 heteroatoms. The van der Waals surface area contributed by atoms with Gasteiger partial charge in [0.15, 0.2) is 9.84 Å². The predicted octanol–water partition coefficient (Wildman–Crippen LogP) is 3.12. The third-order valence-corrected chi connectivity index (χ3v) is 6.37. The van der Waals surface area contributed by atoms with Gasteiger partial charge in [-0.25, -0.2) is 8.42 Å². The lowest BCUT2D eigenvalue weighted by atomic mass is 10.4. The lowest BCUT2D eigenvalue weighted by molar-refractivity contribution is 0.597. The van der Waals surface area contributed by atoms with E-state index in [4.69, 9.17) is 33.2 Å². The topological polar surface area (TPSA) is 34.1 Å². The molecule has 0 atom stereocenters. The Labute approximate surface area is 104 Å². The zero-order valence-corrected chi connectivity index (χ0v) is 11.7. The van der Waals surface area contributed by atoms with E-state index in [1.807, 2.05) is 0 Å². The fourth-order valence-corrected chi connectivity index (χ4v) is 5.89. The molecule has 0 fully saturated rings. The summed E-state index contributed by atoms with van der Waals surface area (Å²) in [5.74, 6) is -0.111. The number of sulfone groups is 1. The van der Waals surface area contributed by atoms with E-state index >= 15 is 0 Å². The van der Waals surface area contributed by atoms with Crippen LogP contribution < -0.4 is 0 Å². The Hall–Kier alpha value is 0.257. The van der Waals surface area contributed by atoms with Crippen molar-refractivity contribution in [1.82, 2.24) is 0 Å². The largest absolute Gasteiger partial charge is 0.342 e. The van der Waals surface area contributed by atoms with Crippen LogP contribution in [0.5, 0.6) is 0 Å². The highest BCUT2D eigenvalue weighted by Gasteiger charge is 2.28. The second-order valence-corrected chi connectivity index (χ2v) is 14.4. The summed E-state index contributed by atoms with van der Waals surface area (Å²) in [5, 5.41) is 0. The van der Waals surface area contributed by atoms with Crippen LogP contribution in [0.1, 0.15) is 0 Å². The van der Waals surface area contributed by atoms with Crippen molar-refractivity contribution in [1.29, 1.82) is 0 Å². The Bertz CT molecular complexity index is 413.